The van der Waals surface area contributed by atoms with Crippen LogP contribution < -0.4 is 0 Å². The monoisotopic (exact) mass is 412 g/mol. The van der Waals surface area contributed by atoms with Crippen LogP contribution in [0.15, 0.2) is 35.8 Å². The van der Waals surface area contributed by atoms with Crippen LogP contribution in [0, 0.1) is 0 Å². The summed E-state index contributed by atoms with van der Waals surface area (Å²) in [4.78, 5) is 0. The Morgan fingerprint density at radius 3 is 0.938 bits per heavy atom. The predicted molar refractivity (Wildman–Crippen MR) is 54.0 cm³/mol. The first-order valence-corrected chi connectivity index (χ1v) is 4.66. The maximum absolute atomic E-state index is 9.75. The van der Waals surface area contributed by atoms with Gasteiger partial charge in [0.25, 0.3) is 0 Å². The fraction of sp³-hybridized carbons (Fsp3) is 0.400. The van der Waals surface area contributed by atoms with Crippen molar-refractivity contribution in [3.05, 3.63) is 35.8 Å². The van der Waals surface area contributed by atoms with E-state index in [1.165, 1.54) is 25.7 Å². The molecule has 0 N–H and O–H groups in total. The van der Waals surface area contributed by atoms with E-state index >= 15 is 0 Å². The molecule has 92 valence electrons. The molecule has 2 aliphatic rings. The Morgan fingerprint density at radius 1 is 0.688 bits per heavy atom. The molecule has 0 unspecified atom stereocenters. The van der Waals surface area contributed by atoms with Crippen molar-refractivity contribution in [1.82, 2.24) is 0 Å². The summed E-state index contributed by atoms with van der Waals surface area (Å²) < 4.78 is 39.0. The van der Waals surface area contributed by atoms with E-state index in [0.717, 1.165) is 0 Å². The minimum atomic E-state index is -6.00. The van der Waals surface area contributed by atoms with Gasteiger partial charge in [0.05, 0.1) is 0 Å². The van der Waals surface area contributed by atoms with Crippen LogP contribution in [0.4, 0.5) is 17.3 Å². The first kappa shape index (κ1) is 17.9. The summed E-state index contributed by atoms with van der Waals surface area (Å²) in [5, 5.41) is 0. The van der Waals surface area contributed by atoms with Crippen molar-refractivity contribution >= 4 is 7.25 Å². The number of hydrogen-bond donors (Lipinski definition) is 0. The van der Waals surface area contributed by atoms with Crippen LogP contribution >= 0.6 is 0 Å². The van der Waals surface area contributed by atoms with Gasteiger partial charge in [-0.05, 0) is 50.0 Å². The fourth-order valence-corrected chi connectivity index (χ4v) is 0.833. The van der Waals surface area contributed by atoms with Crippen molar-refractivity contribution in [1.29, 1.82) is 0 Å². The Hall–Kier alpha value is -0.526. The maximum Gasteiger partial charge on any atom is 1.00 e. The molecule has 0 amide bonds. The molecule has 0 spiro atoms. The van der Waals surface area contributed by atoms with Gasteiger partial charge in [0.15, 0.2) is 0 Å². The van der Waals surface area contributed by atoms with Gasteiger partial charge >= 0.3 is 27.4 Å². The molecule has 16 heavy (non-hydrogen) atoms. The van der Waals surface area contributed by atoms with E-state index in [0.29, 0.717) is 0 Å². The first-order chi connectivity index (χ1) is 7.00. The van der Waals surface area contributed by atoms with Crippen LogP contribution in [-0.4, -0.2) is 7.25 Å². The van der Waals surface area contributed by atoms with E-state index in [9.17, 15) is 17.3 Å². The summed E-state index contributed by atoms with van der Waals surface area (Å²) in [6.45, 7) is 0. The van der Waals surface area contributed by atoms with E-state index in [-0.39, 0.29) is 20.1 Å². The predicted octanol–water partition coefficient (Wildman–Crippen LogP) is 4.28. The minimum absolute atomic E-state index is 0. The van der Waals surface area contributed by atoms with Gasteiger partial charge in [0.2, 0.25) is 0 Å². The second kappa shape index (κ2) is 11.0. The Balaban J connectivity index is 0. The summed E-state index contributed by atoms with van der Waals surface area (Å²) in [6, 6.07) is 0. The summed E-state index contributed by atoms with van der Waals surface area (Å²) in [5.74, 6) is 0. The van der Waals surface area contributed by atoms with Crippen LogP contribution in [-0.2, 0) is 20.1 Å². The average molecular weight is 411 g/mol. The molecule has 0 aliphatic heterocycles. The van der Waals surface area contributed by atoms with Crippen LogP contribution in [0.5, 0.6) is 0 Å². The smallest absolute Gasteiger partial charge is 0.418 e. The van der Waals surface area contributed by atoms with E-state index in [4.69, 9.17) is 0 Å². The molecule has 0 radical (unpaired) electrons. The topological polar surface area (TPSA) is 0 Å². The molecule has 0 aromatic heterocycles. The average Bonchev–Trinajstić information content (AvgIpc) is 2.81. The van der Waals surface area contributed by atoms with Crippen LogP contribution in [0.2, 0.25) is 0 Å². The van der Waals surface area contributed by atoms with E-state index < -0.39 is 7.25 Å². The standard InChI is InChI=1S/2C5H6.BF4.Ir/c2*1-2-4-5-3-1;2-1(3,4)5;/h2*1,5H,2,4H2;;/q;;-1;+1. The summed E-state index contributed by atoms with van der Waals surface area (Å²) in [6.07, 6.45) is 13.1. The molecular weight excluding hydrogens is 399 g/mol. The van der Waals surface area contributed by atoms with Crippen LogP contribution in [0.3, 0.4) is 0 Å². The third-order valence-electron chi connectivity index (χ3n) is 1.38. The SMILES string of the molecule is C1=CCCC=1.C1=CCCC=1.F[B-](F)(F)F.[Ir+]. The van der Waals surface area contributed by atoms with Gasteiger partial charge in [0.1, 0.15) is 0 Å². The van der Waals surface area contributed by atoms with Crippen LogP contribution in [0.25, 0.3) is 0 Å². The third kappa shape index (κ3) is 23.4. The largest absolute Gasteiger partial charge is 1.00 e. The minimum Gasteiger partial charge on any atom is -0.418 e. The number of rotatable bonds is 0. The molecule has 6 heteroatoms. The van der Waals surface area contributed by atoms with Crippen molar-refractivity contribution in [2.75, 3.05) is 0 Å². The Kier molecular flexibility index (Phi) is 12.2. The van der Waals surface area contributed by atoms with Gasteiger partial charge in [-0.15, -0.1) is 11.5 Å². The Labute approximate surface area is 106 Å². The van der Waals surface area contributed by atoms with Crippen molar-refractivity contribution < 1.29 is 37.4 Å². The summed E-state index contributed by atoms with van der Waals surface area (Å²) in [5.41, 5.74) is 5.94. The van der Waals surface area contributed by atoms with E-state index in [1.807, 2.05) is 0 Å². The van der Waals surface area contributed by atoms with Gasteiger partial charge in [-0.3, -0.25) is 0 Å². The second-order valence-electron chi connectivity index (χ2n) is 2.80. The zero-order valence-electron chi connectivity index (χ0n) is 8.56. The van der Waals surface area contributed by atoms with Gasteiger partial charge < -0.3 is 17.3 Å². The molecule has 2 aliphatic carbocycles. The quantitative estimate of drug-likeness (QED) is 0.317. The zero-order valence-corrected chi connectivity index (χ0v) is 11.0. The fourth-order valence-electron chi connectivity index (χ4n) is 0.833. The molecule has 0 fully saturated rings. The van der Waals surface area contributed by atoms with Gasteiger partial charge in [-0.25, -0.2) is 0 Å². The molecule has 0 heterocycles. The molecule has 0 nitrogen and oxygen atoms in total. The molecule has 0 aromatic rings. The van der Waals surface area contributed by atoms with Crippen molar-refractivity contribution in [2.24, 2.45) is 0 Å². The summed E-state index contributed by atoms with van der Waals surface area (Å²) >= 11 is 0. The Morgan fingerprint density at radius 2 is 0.875 bits per heavy atom. The first-order valence-electron chi connectivity index (χ1n) is 4.66. The zero-order chi connectivity index (χ0) is 11.6. The van der Waals surface area contributed by atoms with E-state index in [2.05, 4.69) is 35.8 Å². The van der Waals surface area contributed by atoms with Gasteiger partial charge in [-0.2, -0.15) is 0 Å². The number of hydrogen-bond acceptors (Lipinski definition) is 0. The van der Waals surface area contributed by atoms with Gasteiger partial charge in [0, 0.05) is 0 Å². The Bertz CT molecular complexity index is 238. The molecule has 0 saturated heterocycles. The maximum atomic E-state index is 9.75. The van der Waals surface area contributed by atoms with Crippen molar-refractivity contribution in [3.63, 3.8) is 0 Å². The summed E-state index contributed by atoms with van der Waals surface area (Å²) in [7, 11) is -6.00. The number of allylic oxidation sites excluding steroid dienone is 2. The normalized spacial score (nSPS) is 14.8. The van der Waals surface area contributed by atoms with E-state index in [1.54, 1.807) is 0 Å². The number of halogens is 4. The molecule has 0 atom stereocenters. The molecule has 0 saturated carbocycles. The molecule has 2 rings (SSSR count). The van der Waals surface area contributed by atoms with Crippen molar-refractivity contribution in [2.45, 2.75) is 25.7 Å². The van der Waals surface area contributed by atoms with Gasteiger partial charge in [-0.1, -0.05) is 0 Å². The van der Waals surface area contributed by atoms with Crippen LogP contribution in [0.1, 0.15) is 25.7 Å². The van der Waals surface area contributed by atoms with Crippen molar-refractivity contribution in [3.8, 4) is 0 Å². The molecule has 0 bridgehead atoms. The second-order valence-corrected chi connectivity index (χ2v) is 2.80. The molecule has 0 aromatic carbocycles. The third-order valence-corrected chi connectivity index (χ3v) is 1.38. The molecular formula is C10H12BF4Ir.